The largest absolute Gasteiger partial charge is 0.326 e. The van der Waals surface area contributed by atoms with Gasteiger partial charge in [0.1, 0.15) is 0 Å². The first-order valence-corrected chi connectivity index (χ1v) is 3.95. The topological polar surface area (TPSA) is 29.9 Å². The first kappa shape index (κ1) is 8.82. The molecule has 12 heavy (non-hydrogen) atoms. The van der Waals surface area contributed by atoms with Crippen molar-refractivity contribution in [1.29, 1.82) is 0 Å². The molecule has 0 aromatic carbocycles. The minimum atomic E-state index is 0.604. The molecule has 0 radical (unpaired) electrons. The lowest BCUT2D eigenvalue weighted by atomic mass is 10.3. The highest BCUT2D eigenvalue weighted by molar-refractivity contribution is 4.99. The summed E-state index contributed by atoms with van der Waals surface area (Å²) in [5.74, 6) is 2.56. The highest BCUT2D eigenvalue weighted by Gasteiger charge is 1.95. The number of aromatic nitrogens is 2. The third-order valence-electron chi connectivity index (χ3n) is 1.59. The van der Waals surface area contributed by atoms with Crippen LogP contribution in [0.15, 0.2) is 12.5 Å². The molecule has 0 aliphatic heterocycles. The van der Waals surface area contributed by atoms with E-state index < -0.39 is 0 Å². The molecule has 0 unspecified atom stereocenters. The van der Waals surface area contributed by atoms with E-state index in [4.69, 9.17) is 6.42 Å². The second-order valence-electron chi connectivity index (χ2n) is 2.60. The fraction of sp³-hybridized carbons (Fsp3) is 0.444. The van der Waals surface area contributed by atoms with Gasteiger partial charge in [-0.15, -0.1) is 6.42 Å². The Balaban J connectivity index is 2.48. The summed E-state index contributed by atoms with van der Waals surface area (Å²) in [6.07, 6.45) is 9.86. The Bertz CT molecular complexity index is 270. The summed E-state index contributed by atoms with van der Waals surface area (Å²) >= 11 is 0. The summed E-state index contributed by atoms with van der Waals surface area (Å²) in [5.41, 5.74) is 1.08. The van der Waals surface area contributed by atoms with Gasteiger partial charge in [-0.05, 0) is 7.05 Å². The van der Waals surface area contributed by atoms with Gasteiger partial charge in [0.15, 0.2) is 0 Å². The lowest BCUT2D eigenvalue weighted by Gasteiger charge is -1.93. The molecule has 3 nitrogen and oxygen atoms in total. The van der Waals surface area contributed by atoms with Gasteiger partial charge in [0, 0.05) is 19.2 Å². The van der Waals surface area contributed by atoms with Crippen LogP contribution in [0.3, 0.4) is 0 Å². The molecule has 1 N–H and O–H groups in total. The third-order valence-corrected chi connectivity index (χ3v) is 1.59. The van der Waals surface area contributed by atoms with Crippen LogP contribution in [-0.2, 0) is 13.0 Å². The number of hydrogen-bond donors (Lipinski definition) is 1. The Kier molecular flexibility index (Phi) is 3.36. The van der Waals surface area contributed by atoms with Gasteiger partial charge in [-0.3, -0.25) is 0 Å². The molecule has 3 heteroatoms. The molecule has 0 bridgehead atoms. The van der Waals surface area contributed by atoms with Gasteiger partial charge in [0.2, 0.25) is 0 Å². The van der Waals surface area contributed by atoms with Crippen LogP contribution in [0.2, 0.25) is 0 Å². The maximum absolute atomic E-state index is 5.16. The zero-order valence-electron chi connectivity index (χ0n) is 7.25. The Morgan fingerprint density at radius 3 is 3.25 bits per heavy atom. The van der Waals surface area contributed by atoms with Crippen LogP contribution in [0.4, 0.5) is 0 Å². The second-order valence-corrected chi connectivity index (χ2v) is 2.60. The van der Waals surface area contributed by atoms with Crippen LogP contribution in [0.25, 0.3) is 0 Å². The van der Waals surface area contributed by atoms with E-state index in [9.17, 15) is 0 Å². The first-order chi connectivity index (χ1) is 5.86. The smallest absolute Gasteiger partial charge is 0.0957 e. The van der Waals surface area contributed by atoms with Gasteiger partial charge in [-0.25, -0.2) is 4.98 Å². The van der Waals surface area contributed by atoms with Crippen LogP contribution in [0.1, 0.15) is 5.69 Å². The normalized spacial score (nSPS) is 9.67. The minimum Gasteiger partial charge on any atom is -0.326 e. The van der Waals surface area contributed by atoms with Crippen molar-refractivity contribution in [2.24, 2.45) is 0 Å². The first-order valence-electron chi connectivity index (χ1n) is 3.95. The zero-order chi connectivity index (χ0) is 8.81. The predicted molar refractivity (Wildman–Crippen MR) is 48.7 cm³/mol. The molecule has 0 saturated carbocycles. The highest BCUT2D eigenvalue weighted by Crippen LogP contribution is 1.95. The van der Waals surface area contributed by atoms with Gasteiger partial charge < -0.3 is 9.88 Å². The SMILES string of the molecule is C#CCn1cnc(CCNC)c1. The molecular formula is C9H13N3. The van der Waals surface area contributed by atoms with Crippen molar-refractivity contribution < 1.29 is 0 Å². The van der Waals surface area contributed by atoms with Crippen LogP contribution in [0.5, 0.6) is 0 Å². The Hall–Kier alpha value is -1.27. The molecule has 0 aliphatic rings. The van der Waals surface area contributed by atoms with Crippen molar-refractivity contribution in [2.75, 3.05) is 13.6 Å². The Labute approximate surface area is 72.8 Å². The molecule has 1 rings (SSSR count). The lowest BCUT2D eigenvalue weighted by Crippen LogP contribution is -2.10. The van der Waals surface area contributed by atoms with E-state index in [2.05, 4.69) is 16.2 Å². The Morgan fingerprint density at radius 1 is 1.75 bits per heavy atom. The minimum absolute atomic E-state index is 0.604. The molecule has 0 spiro atoms. The van der Waals surface area contributed by atoms with E-state index in [1.54, 1.807) is 6.33 Å². The molecule has 0 saturated heterocycles. The maximum atomic E-state index is 5.16. The van der Waals surface area contributed by atoms with Gasteiger partial charge >= 0.3 is 0 Å². The molecule has 1 aromatic rings. The van der Waals surface area contributed by atoms with Crippen molar-refractivity contribution in [2.45, 2.75) is 13.0 Å². The maximum Gasteiger partial charge on any atom is 0.0957 e. The van der Waals surface area contributed by atoms with Crippen molar-refractivity contribution in [3.63, 3.8) is 0 Å². The molecular weight excluding hydrogens is 150 g/mol. The molecule has 1 aromatic heterocycles. The van der Waals surface area contributed by atoms with Gasteiger partial charge in [-0.2, -0.15) is 0 Å². The molecule has 1 heterocycles. The Morgan fingerprint density at radius 2 is 2.58 bits per heavy atom. The van der Waals surface area contributed by atoms with E-state index in [-0.39, 0.29) is 0 Å². The van der Waals surface area contributed by atoms with Crippen molar-refractivity contribution in [1.82, 2.24) is 14.9 Å². The predicted octanol–water partition coefficient (Wildman–Crippen LogP) is 0.278. The van der Waals surface area contributed by atoms with Crippen LogP contribution in [0, 0.1) is 12.3 Å². The number of likely N-dealkylation sites (N-methyl/N-ethyl adjacent to an activating group) is 1. The van der Waals surface area contributed by atoms with Crippen LogP contribution >= 0.6 is 0 Å². The molecule has 0 aliphatic carbocycles. The fourth-order valence-electron chi connectivity index (χ4n) is 0.980. The average molecular weight is 163 g/mol. The molecule has 0 atom stereocenters. The number of hydrogen-bond acceptors (Lipinski definition) is 2. The number of rotatable bonds is 4. The summed E-state index contributed by atoms with van der Waals surface area (Å²) in [7, 11) is 1.93. The van der Waals surface area contributed by atoms with Gasteiger partial charge in [0.25, 0.3) is 0 Å². The third kappa shape index (κ3) is 2.40. The van der Waals surface area contributed by atoms with Crippen LogP contribution in [-0.4, -0.2) is 23.1 Å². The highest BCUT2D eigenvalue weighted by atomic mass is 15.0. The number of imidazole rings is 1. The van der Waals surface area contributed by atoms with Crippen LogP contribution < -0.4 is 5.32 Å². The van der Waals surface area contributed by atoms with Crippen molar-refractivity contribution >= 4 is 0 Å². The molecule has 0 amide bonds. The second kappa shape index (κ2) is 4.58. The summed E-state index contributed by atoms with van der Waals surface area (Å²) in [5, 5.41) is 3.07. The number of terminal acetylenes is 1. The van der Waals surface area contributed by atoms with E-state index in [0.717, 1.165) is 18.7 Å². The van der Waals surface area contributed by atoms with Crippen molar-refractivity contribution in [3.05, 3.63) is 18.2 Å². The summed E-state index contributed by atoms with van der Waals surface area (Å²) in [6, 6.07) is 0. The van der Waals surface area contributed by atoms with Crippen molar-refractivity contribution in [3.8, 4) is 12.3 Å². The number of nitrogens with zero attached hydrogens (tertiary/aromatic N) is 2. The summed E-state index contributed by atoms with van der Waals surface area (Å²) in [6.45, 7) is 1.56. The van der Waals surface area contributed by atoms with Gasteiger partial charge in [0.05, 0.1) is 18.6 Å². The zero-order valence-corrected chi connectivity index (χ0v) is 7.25. The summed E-state index contributed by atoms with van der Waals surface area (Å²) < 4.78 is 1.91. The standard InChI is InChI=1S/C9H13N3/c1-3-6-12-7-9(11-8-12)4-5-10-2/h1,7-8,10H,4-6H2,2H3. The molecule has 0 fully saturated rings. The van der Waals surface area contributed by atoms with Gasteiger partial charge in [-0.1, -0.05) is 5.92 Å². The van der Waals surface area contributed by atoms with E-state index in [0.29, 0.717) is 6.54 Å². The molecule has 64 valence electrons. The van der Waals surface area contributed by atoms with E-state index in [1.165, 1.54) is 0 Å². The lowest BCUT2D eigenvalue weighted by molar-refractivity contribution is 0.777. The quantitative estimate of drug-likeness (QED) is 0.646. The number of nitrogens with one attached hydrogen (secondary N) is 1. The average Bonchev–Trinajstić information content (AvgIpc) is 2.50. The fourth-order valence-corrected chi connectivity index (χ4v) is 0.980. The summed E-state index contributed by atoms with van der Waals surface area (Å²) in [4.78, 5) is 4.20. The van der Waals surface area contributed by atoms with E-state index >= 15 is 0 Å². The monoisotopic (exact) mass is 163 g/mol. The van der Waals surface area contributed by atoms with E-state index in [1.807, 2.05) is 17.8 Å².